The zero-order valence-corrected chi connectivity index (χ0v) is 17.0. The van der Waals surface area contributed by atoms with Crippen LogP contribution < -0.4 is 4.90 Å². The molecule has 0 aliphatic carbocycles. The van der Waals surface area contributed by atoms with E-state index in [0.717, 1.165) is 12.1 Å². The lowest BCUT2D eigenvalue weighted by atomic mass is 10.1. The number of rotatable bonds is 4. The fourth-order valence-electron chi connectivity index (χ4n) is 3.23. The quantitative estimate of drug-likeness (QED) is 0.238. The molecule has 0 radical (unpaired) electrons. The van der Waals surface area contributed by atoms with Crippen LogP contribution in [0.25, 0.3) is 0 Å². The summed E-state index contributed by atoms with van der Waals surface area (Å²) in [6, 6.07) is 29.7. The Morgan fingerprint density at radius 1 is 0.656 bits per heavy atom. The predicted octanol–water partition coefficient (Wildman–Crippen LogP) is 5.23. The van der Waals surface area contributed by atoms with E-state index in [0.29, 0.717) is 22.8 Å². The highest BCUT2D eigenvalue weighted by Crippen LogP contribution is 2.36. The number of carbonyl (C=O) groups is 1. The molecule has 0 atom stereocenters. The van der Waals surface area contributed by atoms with E-state index in [9.17, 15) is 20.1 Å². The standard InChI is InChI=1S/C26H20N2O4/c29-22-16-19(17-23(30)24(22)31)26(32)28(21-14-8-3-9-15-21)25(18-10-4-1-5-11-18)27-20-12-6-2-7-13-20/h1-17,29-31H. The molecule has 158 valence electrons. The number of phenolic OH excluding ortho intramolecular Hbond substituents is 3. The lowest BCUT2D eigenvalue weighted by Gasteiger charge is -2.25. The van der Waals surface area contributed by atoms with E-state index >= 15 is 0 Å². The molecule has 0 fully saturated rings. The Labute approximate surface area is 185 Å². The van der Waals surface area contributed by atoms with Crippen LogP contribution in [0, 0.1) is 0 Å². The molecule has 4 rings (SSSR count). The van der Waals surface area contributed by atoms with E-state index in [4.69, 9.17) is 4.99 Å². The molecule has 0 aromatic heterocycles. The fourth-order valence-corrected chi connectivity index (χ4v) is 3.23. The van der Waals surface area contributed by atoms with Crippen LogP contribution in [-0.4, -0.2) is 27.1 Å². The van der Waals surface area contributed by atoms with Gasteiger partial charge in [-0.05, 0) is 36.4 Å². The van der Waals surface area contributed by atoms with Gasteiger partial charge in [-0.2, -0.15) is 0 Å². The highest BCUT2D eigenvalue weighted by atomic mass is 16.3. The summed E-state index contributed by atoms with van der Waals surface area (Å²) >= 11 is 0. The third-order valence-electron chi connectivity index (χ3n) is 4.77. The SMILES string of the molecule is O=C(c1cc(O)c(O)c(O)c1)N(C(=Nc1ccccc1)c1ccccc1)c1ccccc1. The first kappa shape index (κ1) is 20.7. The molecule has 0 spiro atoms. The Bertz CT molecular complexity index is 1230. The Morgan fingerprint density at radius 2 is 1.16 bits per heavy atom. The largest absolute Gasteiger partial charge is 0.504 e. The van der Waals surface area contributed by atoms with Crippen LogP contribution in [0.1, 0.15) is 15.9 Å². The van der Waals surface area contributed by atoms with Gasteiger partial charge in [0.05, 0.1) is 11.4 Å². The number of amides is 1. The van der Waals surface area contributed by atoms with Gasteiger partial charge in [-0.25, -0.2) is 4.99 Å². The molecule has 0 heterocycles. The van der Waals surface area contributed by atoms with Crippen molar-refractivity contribution in [2.75, 3.05) is 4.90 Å². The number of amidine groups is 1. The monoisotopic (exact) mass is 424 g/mol. The molecule has 4 aromatic carbocycles. The number of hydrogen-bond donors (Lipinski definition) is 3. The molecule has 0 saturated carbocycles. The number of para-hydroxylation sites is 2. The van der Waals surface area contributed by atoms with Gasteiger partial charge in [0.2, 0.25) is 0 Å². The lowest BCUT2D eigenvalue weighted by molar-refractivity contribution is 0.100. The molecule has 0 saturated heterocycles. The highest BCUT2D eigenvalue weighted by molar-refractivity contribution is 6.28. The number of anilines is 1. The smallest absolute Gasteiger partial charge is 0.264 e. The van der Waals surface area contributed by atoms with Crippen LogP contribution in [0.5, 0.6) is 17.2 Å². The van der Waals surface area contributed by atoms with E-state index in [1.54, 1.807) is 24.3 Å². The van der Waals surface area contributed by atoms with E-state index in [1.807, 2.05) is 66.7 Å². The number of carbonyl (C=O) groups excluding carboxylic acids is 1. The van der Waals surface area contributed by atoms with Gasteiger partial charge in [-0.3, -0.25) is 9.69 Å². The summed E-state index contributed by atoms with van der Waals surface area (Å²) in [6.07, 6.45) is 0. The Balaban J connectivity index is 1.93. The second kappa shape index (κ2) is 9.06. The Hall–Kier alpha value is -4.58. The molecule has 6 heteroatoms. The molecular formula is C26H20N2O4. The van der Waals surface area contributed by atoms with Crippen LogP contribution in [-0.2, 0) is 0 Å². The highest BCUT2D eigenvalue weighted by Gasteiger charge is 2.26. The molecule has 0 bridgehead atoms. The summed E-state index contributed by atoms with van der Waals surface area (Å²) in [7, 11) is 0. The van der Waals surface area contributed by atoms with Gasteiger partial charge in [0.25, 0.3) is 5.91 Å². The number of nitrogens with zero attached hydrogens (tertiary/aromatic N) is 2. The van der Waals surface area contributed by atoms with E-state index in [2.05, 4.69) is 0 Å². The zero-order valence-electron chi connectivity index (χ0n) is 17.0. The second-order valence-corrected chi connectivity index (χ2v) is 6.98. The summed E-state index contributed by atoms with van der Waals surface area (Å²) in [5.41, 5.74) is 1.87. The molecule has 0 aliphatic heterocycles. The average Bonchev–Trinajstić information content (AvgIpc) is 2.83. The first-order valence-corrected chi connectivity index (χ1v) is 9.88. The minimum atomic E-state index is -0.686. The number of benzene rings is 4. The van der Waals surface area contributed by atoms with Gasteiger partial charge in [0.15, 0.2) is 17.2 Å². The molecule has 32 heavy (non-hydrogen) atoms. The molecule has 0 unspecified atom stereocenters. The third-order valence-corrected chi connectivity index (χ3v) is 4.77. The lowest BCUT2D eigenvalue weighted by Crippen LogP contribution is -2.37. The molecular weight excluding hydrogens is 404 g/mol. The predicted molar refractivity (Wildman–Crippen MR) is 124 cm³/mol. The van der Waals surface area contributed by atoms with E-state index in [-0.39, 0.29) is 5.56 Å². The molecule has 3 N–H and O–H groups in total. The van der Waals surface area contributed by atoms with E-state index in [1.165, 1.54) is 4.90 Å². The second-order valence-electron chi connectivity index (χ2n) is 6.98. The van der Waals surface area contributed by atoms with Crippen molar-refractivity contribution in [1.29, 1.82) is 0 Å². The van der Waals surface area contributed by atoms with Gasteiger partial charge >= 0.3 is 0 Å². The minimum absolute atomic E-state index is 0.0154. The van der Waals surface area contributed by atoms with Crippen LogP contribution in [0.3, 0.4) is 0 Å². The average molecular weight is 424 g/mol. The van der Waals surface area contributed by atoms with Crippen molar-refractivity contribution in [2.24, 2.45) is 4.99 Å². The molecule has 0 aliphatic rings. The fraction of sp³-hybridized carbons (Fsp3) is 0. The van der Waals surface area contributed by atoms with Crippen LogP contribution in [0.15, 0.2) is 108 Å². The summed E-state index contributed by atoms with van der Waals surface area (Å²) in [6.45, 7) is 0. The molecule has 6 nitrogen and oxygen atoms in total. The van der Waals surface area contributed by atoms with Gasteiger partial charge in [0.1, 0.15) is 5.84 Å². The maximum absolute atomic E-state index is 13.7. The van der Waals surface area contributed by atoms with Crippen molar-refractivity contribution < 1.29 is 20.1 Å². The number of phenols is 3. The molecule has 1 amide bonds. The maximum atomic E-state index is 13.7. The summed E-state index contributed by atoms with van der Waals surface area (Å²) in [5.74, 6) is -2.06. The summed E-state index contributed by atoms with van der Waals surface area (Å²) < 4.78 is 0. The number of aliphatic imine (C=N–C) groups is 1. The first-order chi connectivity index (χ1) is 15.5. The summed E-state index contributed by atoms with van der Waals surface area (Å²) in [4.78, 5) is 19.9. The Morgan fingerprint density at radius 3 is 1.72 bits per heavy atom. The third kappa shape index (κ3) is 4.29. The number of hydrogen-bond acceptors (Lipinski definition) is 5. The van der Waals surface area contributed by atoms with Crippen molar-refractivity contribution in [3.8, 4) is 17.2 Å². The van der Waals surface area contributed by atoms with Crippen molar-refractivity contribution in [3.63, 3.8) is 0 Å². The van der Waals surface area contributed by atoms with Gasteiger partial charge in [-0.1, -0.05) is 66.7 Å². The molecule has 4 aromatic rings. The topological polar surface area (TPSA) is 93.4 Å². The Kier molecular flexibility index (Phi) is 5.85. The van der Waals surface area contributed by atoms with Gasteiger partial charge in [-0.15, -0.1) is 0 Å². The van der Waals surface area contributed by atoms with Gasteiger partial charge in [0, 0.05) is 11.1 Å². The minimum Gasteiger partial charge on any atom is -0.504 e. The van der Waals surface area contributed by atoms with Gasteiger partial charge < -0.3 is 15.3 Å². The van der Waals surface area contributed by atoms with Crippen molar-refractivity contribution in [2.45, 2.75) is 0 Å². The van der Waals surface area contributed by atoms with Crippen molar-refractivity contribution in [1.82, 2.24) is 0 Å². The van der Waals surface area contributed by atoms with Crippen LogP contribution >= 0.6 is 0 Å². The number of aromatic hydroxyl groups is 3. The van der Waals surface area contributed by atoms with Crippen molar-refractivity contribution in [3.05, 3.63) is 114 Å². The van der Waals surface area contributed by atoms with E-state index < -0.39 is 23.2 Å². The maximum Gasteiger partial charge on any atom is 0.264 e. The van der Waals surface area contributed by atoms with Crippen LogP contribution in [0.2, 0.25) is 0 Å². The van der Waals surface area contributed by atoms with Crippen molar-refractivity contribution >= 4 is 23.1 Å². The normalized spacial score (nSPS) is 11.2. The van der Waals surface area contributed by atoms with Crippen LogP contribution in [0.4, 0.5) is 11.4 Å². The summed E-state index contributed by atoms with van der Waals surface area (Å²) in [5, 5.41) is 29.6. The zero-order chi connectivity index (χ0) is 22.5. The first-order valence-electron chi connectivity index (χ1n) is 9.88.